The number of carbonyl (C=O) groups is 1. The van der Waals surface area contributed by atoms with E-state index < -0.39 is 15.3 Å². The highest BCUT2D eigenvalue weighted by Crippen LogP contribution is 2.28. The summed E-state index contributed by atoms with van der Waals surface area (Å²) in [6.07, 6.45) is -0.0686. The van der Waals surface area contributed by atoms with Gasteiger partial charge in [-0.15, -0.1) is 0 Å². The molecule has 0 aliphatic carbocycles. The second-order valence-corrected chi connectivity index (χ2v) is 6.63. The zero-order valence-electron chi connectivity index (χ0n) is 9.76. The highest BCUT2D eigenvalue weighted by atomic mass is 35.5. The first-order valence-electron chi connectivity index (χ1n) is 5.37. The molecule has 2 N–H and O–H groups in total. The van der Waals surface area contributed by atoms with Crippen molar-refractivity contribution in [1.29, 1.82) is 0 Å². The maximum Gasteiger partial charge on any atom is 0.228 e. The molecule has 1 aliphatic rings. The van der Waals surface area contributed by atoms with Crippen molar-refractivity contribution in [1.82, 2.24) is 0 Å². The molecule has 18 heavy (non-hydrogen) atoms. The van der Waals surface area contributed by atoms with Crippen molar-refractivity contribution in [2.24, 2.45) is 5.14 Å². The summed E-state index contributed by atoms with van der Waals surface area (Å²) in [7, 11) is -3.69. The van der Waals surface area contributed by atoms with Crippen LogP contribution in [0.2, 0.25) is 5.02 Å². The normalized spacial score (nSPS) is 20.5. The number of carbonyl (C=O) groups excluding carboxylic acids is 1. The number of hydrogen-bond donors (Lipinski definition) is 1. The number of rotatable bonds is 2. The van der Waals surface area contributed by atoms with E-state index in [0.29, 0.717) is 10.7 Å². The minimum Gasteiger partial charge on any atom is -0.311 e. The maximum absolute atomic E-state index is 11.8. The number of primary sulfonamides is 1. The largest absolute Gasteiger partial charge is 0.311 e. The van der Waals surface area contributed by atoms with E-state index in [4.69, 9.17) is 16.7 Å². The van der Waals surface area contributed by atoms with Gasteiger partial charge in [-0.25, -0.2) is 13.6 Å². The molecule has 2 rings (SSSR count). The van der Waals surface area contributed by atoms with Crippen molar-refractivity contribution in [3.05, 3.63) is 28.8 Å². The third-order valence-electron chi connectivity index (χ3n) is 3.00. The summed E-state index contributed by atoms with van der Waals surface area (Å²) in [6.45, 7) is 1.92. The topological polar surface area (TPSA) is 80.5 Å². The van der Waals surface area contributed by atoms with Crippen LogP contribution in [0.1, 0.15) is 12.0 Å². The van der Waals surface area contributed by atoms with Gasteiger partial charge in [0.1, 0.15) is 5.25 Å². The average molecular weight is 289 g/mol. The van der Waals surface area contributed by atoms with E-state index in [1.54, 1.807) is 18.2 Å². The molecule has 0 radical (unpaired) electrons. The summed E-state index contributed by atoms with van der Waals surface area (Å²) in [4.78, 5) is 13.3. The third kappa shape index (κ3) is 2.50. The molecule has 1 aromatic carbocycles. The molecule has 0 saturated carbocycles. The van der Waals surface area contributed by atoms with Crippen LogP contribution < -0.4 is 10.0 Å². The average Bonchev–Trinajstić information content (AvgIpc) is 2.60. The molecular formula is C11H13ClN2O3S. The van der Waals surface area contributed by atoms with Crippen LogP contribution in [0.25, 0.3) is 0 Å². The number of sulfonamides is 1. The summed E-state index contributed by atoms with van der Waals surface area (Å²) >= 11 is 5.84. The van der Waals surface area contributed by atoms with E-state index in [0.717, 1.165) is 5.56 Å². The van der Waals surface area contributed by atoms with Gasteiger partial charge in [-0.1, -0.05) is 11.6 Å². The Kier molecular flexibility index (Phi) is 3.35. The lowest BCUT2D eigenvalue weighted by molar-refractivity contribution is -0.117. The number of amides is 1. The molecule has 1 atom stereocenters. The zero-order valence-corrected chi connectivity index (χ0v) is 11.3. The molecule has 98 valence electrons. The molecule has 1 aromatic rings. The number of benzene rings is 1. The van der Waals surface area contributed by atoms with Crippen LogP contribution in [0.15, 0.2) is 18.2 Å². The summed E-state index contributed by atoms with van der Waals surface area (Å²) in [5.41, 5.74) is 1.50. The molecule has 1 fully saturated rings. The Morgan fingerprint density at radius 2 is 2.11 bits per heavy atom. The SMILES string of the molecule is Cc1cc(Cl)ccc1N1CC(S(N)(=O)=O)CC1=O. The Labute approximate surface area is 111 Å². The highest BCUT2D eigenvalue weighted by molar-refractivity contribution is 7.89. The van der Waals surface area contributed by atoms with E-state index >= 15 is 0 Å². The van der Waals surface area contributed by atoms with Gasteiger partial charge in [0.15, 0.2) is 0 Å². The first-order chi connectivity index (χ1) is 8.29. The first kappa shape index (κ1) is 13.3. The van der Waals surface area contributed by atoms with E-state index in [-0.39, 0.29) is 18.9 Å². The number of nitrogens with two attached hydrogens (primary N) is 1. The fourth-order valence-electron chi connectivity index (χ4n) is 2.05. The lowest BCUT2D eigenvalue weighted by atomic mass is 10.2. The van der Waals surface area contributed by atoms with Gasteiger partial charge in [0.05, 0.1) is 0 Å². The second-order valence-electron chi connectivity index (χ2n) is 4.35. The molecule has 0 aromatic heterocycles. The van der Waals surface area contributed by atoms with Gasteiger partial charge in [-0.2, -0.15) is 0 Å². The van der Waals surface area contributed by atoms with Gasteiger partial charge in [0, 0.05) is 23.7 Å². The fourth-order valence-corrected chi connectivity index (χ4v) is 3.01. The van der Waals surface area contributed by atoms with Gasteiger partial charge < -0.3 is 4.90 Å². The Morgan fingerprint density at radius 3 is 2.61 bits per heavy atom. The van der Waals surface area contributed by atoms with Crippen LogP contribution in [0.4, 0.5) is 5.69 Å². The molecule has 1 unspecified atom stereocenters. The van der Waals surface area contributed by atoms with Crippen LogP contribution in [0.5, 0.6) is 0 Å². The van der Waals surface area contributed by atoms with E-state index in [1.165, 1.54) is 4.90 Å². The van der Waals surface area contributed by atoms with Crippen LogP contribution in [-0.4, -0.2) is 26.1 Å². The van der Waals surface area contributed by atoms with Gasteiger partial charge in [0.25, 0.3) is 0 Å². The molecule has 1 heterocycles. The monoisotopic (exact) mass is 288 g/mol. The van der Waals surface area contributed by atoms with E-state index in [1.807, 2.05) is 6.92 Å². The van der Waals surface area contributed by atoms with Gasteiger partial charge in [0.2, 0.25) is 15.9 Å². The minimum atomic E-state index is -3.69. The highest BCUT2D eigenvalue weighted by Gasteiger charge is 2.37. The predicted octanol–water partition coefficient (Wildman–Crippen LogP) is 1.04. The van der Waals surface area contributed by atoms with Crippen LogP contribution >= 0.6 is 11.6 Å². The molecule has 1 amide bonds. The summed E-state index contributed by atoms with van der Waals surface area (Å²) in [5.74, 6) is -0.237. The first-order valence-corrected chi connectivity index (χ1v) is 7.36. The summed E-state index contributed by atoms with van der Waals surface area (Å²) < 4.78 is 22.5. The molecule has 1 saturated heterocycles. The summed E-state index contributed by atoms with van der Waals surface area (Å²) in [6, 6.07) is 5.11. The molecule has 7 heteroatoms. The molecule has 1 aliphatic heterocycles. The number of aryl methyl sites for hydroxylation is 1. The Morgan fingerprint density at radius 1 is 1.44 bits per heavy atom. The zero-order chi connectivity index (χ0) is 13.5. The number of hydrogen-bond acceptors (Lipinski definition) is 3. The lowest BCUT2D eigenvalue weighted by Crippen LogP contribution is -2.32. The molecule has 0 spiro atoms. The van der Waals surface area contributed by atoms with Crippen molar-refractivity contribution in [2.45, 2.75) is 18.6 Å². The van der Waals surface area contributed by atoms with Crippen molar-refractivity contribution < 1.29 is 13.2 Å². The van der Waals surface area contributed by atoms with Crippen molar-refractivity contribution >= 4 is 33.2 Å². The van der Waals surface area contributed by atoms with Gasteiger partial charge in [-0.3, -0.25) is 4.79 Å². The van der Waals surface area contributed by atoms with Gasteiger partial charge >= 0.3 is 0 Å². The van der Waals surface area contributed by atoms with Crippen molar-refractivity contribution in [3.8, 4) is 0 Å². The molecular weight excluding hydrogens is 276 g/mol. The smallest absolute Gasteiger partial charge is 0.228 e. The van der Waals surface area contributed by atoms with Crippen LogP contribution in [-0.2, 0) is 14.8 Å². The lowest BCUT2D eigenvalue weighted by Gasteiger charge is -2.18. The third-order valence-corrected chi connectivity index (χ3v) is 4.48. The van der Waals surface area contributed by atoms with Crippen molar-refractivity contribution in [2.75, 3.05) is 11.4 Å². The Bertz CT molecular complexity index is 600. The second kappa shape index (κ2) is 4.53. The quantitative estimate of drug-likeness (QED) is 0.883. The molecule has 0 bridgehead atoms. The van der Waals surface area contributed by atoms with Crippen molar-refractivity contribution in [3.63, 3.8) is 0 Å². The number of anilines is 1. The Hall–Kier alpha value is -1.11. The standard InChI is InChI=1S/C11H13ClN2O3S/c1-7-4-8(12)2-3-10(7)14-6-9(5-11(14)15)18(13,16)17/h2-4,9H,5-6H2,1H3,(H2,13,16,17). The fraction of sp³-hybridized carbons (Fsp3) is 0.364. The molecule has 5 nitrogen and oxygen atoms in total. The predicted molar refractivity (Wildman–Crippen MR) is 70.1 cm³/mol. The van der Waals surface area contributed by atoms with E-state index in [2.05, 4.69) is 0 Å². The maximum atomic E-state index is 11.8. The number of halogens is 1. The number of nitrogens with zero attached hydrogens (tertiary/aromatic N) is 1. The Balaban J connectivity index is 2.33. The summed E-state index contributed by atoms with van der Waals surface area (Å²) in [5, 5.41) is 4.82. The van der Waals surface area contributed by atoms with Crippen LogP contribution in [0, 0.1) is 6.92 Å². The van der Waals surface area contributed by atoms with E-state index in [9.17, 15) is 13.2 Å². The van der Waals surface area contributed by atoms with Crippen LogP contribution in [0.3, 0.4) is 0 Å². The van der Waals surface area contributed by atoms with Gasteiger partial charge in [-0.05, 0) is 30.7 Å². The minimum absolute atomic E-state index is 0.0686.